The van der Waals surface area contributed by atoms with E-state index in [-0.39, 0.29) is 6.10 Å². The third-order valence-corrected chi connectivity index (χ3v) is 2.01. The monoisotopic (exact) mass is 154 g/mol. The molecule has 0 amide bonds. The van der Waals surface area contributed by atoms with Crippen LogP contribution in [0.1, 0.15) is 6.92 Å². The average molecular weight is 154 g/mol. The smallest absolute Gasteiger partial charge is 0.201 e. The number of nitrogens with zero attached hydrogens (tertiary/aromatic N) is 2. The first kappa shape index (κ1) is 7.98. The van der Waals surface area contributed by atoms with E-state index in [0.29, 0.717) is 5.88 Å². The minimum absolute atomic E-state index is 0.0312. The van der Waals surface area contributed by atoms with Crippen LogP contribution in [0.15, 0.2) is 24.7 Å². The Morgan fingerprint density at radius 1 is 1.27 bits per heavy atom. The maximum Gasteiger partial charge on any atom is 0.201 e. The van der Waals surface area contributed by atoms with Crippen molar-refractivity contribution in [3.05, 3.63) is 24.7 Å². The Balaban J connectivity index is 2.78. The van der Waals surface area contributed by atoms with Crippen molar-refractivity contribution in [2.24, 2.45) is 0 Å². The summed E-state index contributed by atoms with van der Waals surface area (Å²) in [5.74, 6) is 0.660. The minimum atomic E-state index is 0.0312. The highest BCUT2D eigenvalue weighted by Gasteiger charge is 2.24. The minimum Gasteiger partial charge on any atom is -0.469 e. The topological polar surface area (TPSA) is 15.7 Å². The second-order valence-corrected chi connectivity index (χ2v) is 2.69. The van der Waals surface area contributed by atoms with Gasteiger partial charge in [-0.1, -0.05) is 6.58 Å². The van der Waals surface area contributed by atoms with Crippen molar-refractivity contribution in [3.8, 4) is 0 Å². The second-order valence-electron chi connectivity index (χ2n) is 2.69. The summed E-state index contributed by atoms with van der Waals surface area (Å²) in [5.41, 5.74) is 0.944. The molecule has 3 nitrogen and oxygen atoms in total. The maximum absolute atomic E-state index is 5.37. The zero-order valence-corrected chi connectivity index (χ0v) is 7.29. The molecule has 1 aliphatic rings. The van der Waals surface area contributed by atoms with Crippen molar-refractivity contribution in [3.63, 3.8) is 0 Å². The van der Waals surface area contributed by atoms with Gasteiger partial charge in [-0.25, -0.2) is 0 Å². The first-order valence-corrected chi connectivity index (χ1v) is 3.55. The van der Waals surface area contributed by atoms with Gasteiger partial charge >= 0.3 is 0 Å². The molecule has 3 heteroatoms. The van der Waals surface area contributed by atoms with Gasteiger partial charge in [0.05, 0.1) is 5.70 Å². The molecular weight excluding hydrogens is 140 g/mol. The van der Waals surface area contributed by atoms with Gasteiger partial charge in [0, 0.05) is 14.1 Å². The van der Waals surface area contributed by atoms with E-state index >= 15 is 0 Å². The lowest BCUT2D eigenvalue weighted by molar-refractivity contribution is -0.0642. The fraction of sp³-hybridized carbons (Fsp3) is 0.500. The molecule has 0 spiro atoms. The van der Waals surface area contributed by atoms with E-state index in [1.54, 1.807) is 0 Å². The summed E-state index contributed by atoms with van der Waals surface area (Å²) in [6.07, 6.45) is 0.0312. The Morgan fingerprint density at radius 3 is 2.36 bits per heavy atom. The van der Waals surface area contributed by atoms with E-state index in [0.717, 1.165) is 5.70 Å². The van der Waals surface area contributed by atoms with Crippen LogP contribution in [0.2, 0.25) is 0 Å². The molecule has 0 aromatic rings. The van der Waals surface area contributed by atoms with Crippen molar-refractivity contribution in [1.82, 2.24) is 10.0 Å². The number of hydrogen-bond acceptors (Lipinski definition) is 3. The van der Waals surface area contributed by atoms with E-state index in [1.165, 1.54) is 0 Å². The molecule has 1 atom stereocenters. The normalized spacial score (nSPS) is 25.5. The number of hydrogen-bond donors (Lipinski definition) is 0. The summed E-state index contributed by atoms with van der Waals surface area (Å²) in [6, 6.07) is 0. The van der Waals surface area contributed by atoms with Crippen LogP contribution >= 0.6 is 0 Å². The molecule has 1 rings (SSSR count). The largest absolute Gasteiger partial charge is 0.469 e. The van der Waals surface area contributed by atoms with Gasteiger partial charge in [-0.05, 0) is 13.5 Å². The lowest BCUT2D eigenvalue weighted by Gasteiger charge is -2.41. The number of ether oxygens (including phenoxy) is 1. The van der Waals surface area contributed by atoms with Gasteiger partial charge < -0.3 is 4.74 Å². The fourth-order valence-electron chi connectivity index (χ4n) is 0.971. The predicted octanol–water partition coefficient (Wildman–Crippen LogP) is 1.17. The summed E-state index contributed by atoms with van der Waals surface area (Å²) in [6.45, 7) is 9.59. The molecule has 0 N–H and O–H groups in total. The van der Waals surface area contributed by atoms with Crippen LogP contribution in [0.4, 0.5) is 0 Å². The van der Waals surface area contributed by atoms with Gasteiger partial charge in [-0.15, -0.1) is 0 Å². The molecule has 0 saturated carbocycles. The van der Waals surface area contributed by atoms with Gasteiger partial charge in [0.1, 0.15) is 6.10 Å². The van der Waals surface area contributed by atoms with Crippen molar-refractivity contribution < 1.29 is 4.74 Å². The van der Waals surface area contributed by atoms with Gasteiger partial charge in [0.2, 0.25) is 5.88 Å². The zero-order valence-electron chi connectivity index (χ0n) is 7.29. The average Bonchev–Trinajstić information content (AvgIpc) is 1.97. The van der Waals surface area contributed by atoms with E-state index in [1.807, 2.05) is 31.0 Å². The van der Waals surface area contributed by atoms with E-state index in [4.69, 9.17) is 4.74 Å². The van der Waals surface area contributed by atoms with Crippen molar-refractivity contribution in [1.29, 1.82) is 0 Å². The van der Waals surface area contributed by atoms with Crippen molar-refractivity contribution in [2.75, 3.05) is 14.1 Å². The van der Waals surface area contributed by atoms with Gasteiger partial charge in [-0.3, -0.25) is 10.0 Å². The summed E-state index contributed by atoms with van der Waals surface area (Å²) in [7, 11) is 3.83. The highest BCUT2D eigenvalue weighted by atomic mass is 16.5. The quantitative estimate of drug-likeness (QED) is 0.521. The van der Waals surface area contributed by atoms with Crippen LogP contribution in [-0.4, -0.2) is 30.2 Å². The molecule has 0 radical (unpaired) electrons. The third-order valence-electron chi connectivity index (χ3n) is 2.01. The lowest BCUT2D eigenvalue weighted by atomic mass is 10.3. The van der Waals surface area contributed by atoms with Gasteiger partial charge in [-0.2, -0.15) is 0 Å². The third kappa shape index (κ3) is 1.18. The molecular formula is C8H14N2O. The van der Waals surface area contributed by atoms with Crippen molar-refractivity contribution >= 4 is 0 Å². The van der Waals surface area contributed by atoms with Gasteiger partial charge in [0.15, 0.2) is 0 Å². The Bertz CT molecular complexity index is 200. The molecule has 0 aromatic carbocycles. The number of likely N-dealkylation sites (N-methyl/N-ethyl adjacent to an activating group) is 1. The lowest BCUT2D eigenvalue weighted by Crippen LogP contribution is -2.44. The molecule has 1 fully saturated rings. The molecule has 0 aliphatic carbocycles. The second kappa shape index (κ2) is 2.49. The highest BCUT2D eigenvalue weighted by Crippen LogP contribution is 2.22. The molecule has 1 saturated heterocycles. The van der Waals surface area contributed by atoms with Crippen LogP contribution in [0.25, 0.3) is 0 Å². The van der Waals surface area contributed by atoms with Gasteiger partial charge in [0.25, 0.3) is 0 Å². The molecule has 0 aromatic heterocycles. The standard InChI is InChI=1S/C8H14N2O/c1-6-7(2)11-8(3)10(5)9(6)4/h7H,1,3H2,2,4-5H3. The summed E-state index contributed by atoms with van der Waals surface area (Å²) in [5, 5.41) is 3.75. The van der Waals surface area contributed by atoms with Crippen LogP contribution in [-0.2, 0) is 4.74 Å². The van der Waals surface area contributed by atoms with Crippen LogP contribution < -0.4 is 0 Å². The fourth-order valence-corrected chi connectivity index (χ4v) is 0.971. The molecule has 0 bridgehead atoms. The first-order valence-electron chi connectivity index (χ1n) is 3.55. The number of hydrazine groups is 1. The zero-order chi connectivity index (χ0) is 8.59. The van der Waals surface area contributed by atoms with Crippen molar-refractivity contribution in [2.45, 2.75) is 13.0 Å². The maximum atomic E-state index is 5.37. The van der Waals surface area contributed by atoms with Crippen LogP contribution in [0, 0.1) is 0 Å². The molecule has 11 heavy (non-hydrogen) atoms. The predicted molar refractivity (Wildman–Crippen MR) is 44.4 cm³/mol. The van der Waals surface area contributed by atoms with E-state index < -0.39 is 0 Å². The molecule has 1 aliphatic heterocycles. The SMILES string of the molecule is C=C1OC(C)C(=C)N(C)N1C. The van der Waals surface area contributed by atoms with Crippen LogP contribution in [0.5, 0.6) is 0 Å². The van der Waals surface area contributed by atoms with E-state index in [2.05, 4.69) is 13.2 Å². The summed E-state index contributed by atoms with van der Waals surface area (Å²) < 4.78 is 5.37. The molecule has 62 valence electrons. The highest BCUT2D eigenvalue weighted by molar-refractivity contribution is 5.05. The Labute approximate surface area is 67.5 Å². The number of rotatable bonds is 0. The molecule has 1 heterocycles. The Morgan fingerprint density at radius 2 is 1.82 bits per heavy atom. The first-order chi connectivity index (χ1) is 5.04. The molecule has 1 unspecified atom stereocenters. The van der Waals surface area contributed by atoms with Crippen LogP contribution in [0.3, 0.4) is 0 Å². The summed E-state index contributed by atoms with van der Waals surface area (Å²) >= 11 is 0. The summed E-state index contributed by atoms with van der Waals surface area (Å²) in [4.78, 5) is 0. The Hall–Kier alpha value is -1.12. The Kier molecular flexibility index (Phi) is 1.81. The van der Waals surface area contributed by atoms with E-state index in [9.17, 15) is 0 Å².